The minimum atomic E-state index is -0.911. The highest BCUT2D eigenvalue weighted by atomic mass is 16.6. The highest BCUT2D eigenvalue weighted by Crippen LogP contribution is 2.09. The SMILES string of the molecule is CC(C)(C)OC(=O)NC(Cc1ccccc1)C(=O)OCC#N. The molecule has 0 aliphatic carbocycles. The standard InChI is InChI=1S/C16H20N2O4/c1-16(2,3)22-15(20)18-13(14(19)21-10-9-17)11-12-7-5-4-6-8-12/h4-8,13H,10-11H2,1-3H3,(H,18,20). The second kappa shape index (κ2) is 8.03. The Bertz CT molecular complexity index is 544. The number of carbonyl (C=O) groups excluding carboxylic acids is 2. The second-order valence-corrected chi connectivity index (χ2v) is 5.65. The van der Waals surface area contributed by atoms with Gasteiger partial charge in [-0.1, -0.05) is 30.3 Å². The topological polar surface area (TPSA) is 88.4 Å². The van der Waals surface area contributed by atoms with Crippen LogP contribution >= 0.6 is 0 Å². The summed E-state index contributed by atoms with van der Waals surface area (Å²) in [7, 11) is 0. The third-order valence-electron chi connectivity index (χ3n) is 2.54. The number of nitrogens with one attached hydrogen (secondary N) is 1. The van der Waals surface area contributed by atoms with Crippen LogP contribution in [0.5, 0.6) is 0 Å². The molecule has 1 unspecified atom stereocenters. The Labute approximate surface area is 130 Å². The van der Waals surface area contributed by atoms with Gasteiger partial charge in [0.05, 0.1) is 0 Å². The zero-order valence-electron chi connectivity index (χ0n) is 13.0. The van der Waals surface area contributed by atoms with Gasteiger partial charge >= 0.3 is 12.1 Å². The molecule has 0 aliphatic heterocycles. The van der Waals surface area contributed by atoms with E-state index in [1.807, 2.05) is 30.3 Å². The number of rotatable bonds is 5. The largest absolute Gasteiger partial charge is 0.449 e. The van der Waals surface area contributed by atoms with Crippen molar-refractivity contribution in [3.63, 3.8) is 0 Å². The Kier molecular flexibility index (Phi) is 6.39. The number of ether oxygens (including phenoxy) is 2. The summed E-state index contributed by atoms with van der Waals surface area (Å²) >= 11 is 0. The molecule has 0 saturated carbocycles. The van der Waals surface area contributed by atoms with Gasteiger partial charge in [0.1, 0.15) is 17.7 Å². The first-order valence-electron chi connectivity index (χ1n) is 6.89. The van der Waals surface area contributed by atoms with E-state index in [2.05, 4.69) is 5.32 Å². The summed E-state index contributed by atoms with van der Waals surface area (Å²) in [6, 6.07) is 10.0. The number of nitriles is 1. The summed E-state index contributed by atoms with van der Waals surface area (Å²) < 4.78 is 9.92. The van der Waals surface area contributed by atoms with Crippen molar-refractivity contribution in [3.05, 3.63) is 35.9 Å². The molecule has 1 N–H and O–H groups in total. The maximum atomic E-state index is 12.0. The van der Waals surface area contributed by atoms with Crippen molar-refractivity contribution in [2.24, 2.45) is 0 Å². The third-order valence-corrected chi connectivity index (χ3v) is 2.54. The van der Waals surface area contributed by atoms with Gasteiger partial charge in [0.15, 0.2) is 6.61 Å². The van der Waals surface area contributed by atoms with Crippen molar-refractivity contribution in [1.82, 2.24) is 5.32 Å². The highest BCUT2D eigenvalue weighted by Gasteiger charge is 2.25. The maximum Gasteiger partial charge on any atom is 0.408 e. The monoisotopic (exact) mass is 304 g/mol. The highest BCUT2D eigenvalue weighted by molar-refractivity contribution is 5.81. The van der Waals surface area contributed by atoms with Gasteiger partial charge in [0.2, 0.25) is 0 Å². The van der Waals surface area contributed by atoms with Gasteiger partial charge in [-0.3, -0.25) is 0 Å². The third kappa shape index (κ3) is 6.75. The van der Waals surface area contributed by atoms with Crippen molar-refractivity contribution in [2.75, 3.05) is 6.61 Å². The molecular formula is C16H20N2O4. The fourth-order valence-corrected chi connectivity index (χ4v) is 1.70. The van der Waals surface area contributed by atoms with E-state index in [9.17, 15) is 9.59 Å². The van der Waals surface area contributed by atoms with E-state index in [-0.39, 0.29) is 13.0 Å². The van der Waals surface area contributed by atoms with Crippen LogP contribution in [-0.2, 0) is 20.7 Å². The zero-order chi connectivity index (χ0) is 16.6. The summed E-state index contributed by atoms with van der Waals surface area (Å²) in [5.74, 6) is -0.670. The fourth-order valence-electron chi connectivity index (χ4n) is 1.70. The molecule has 22 heavy (non-hydrogen) atoms. The van der Waals surface area contributed by atoms with Crippen LogP contribution < -0.4 is 5.32 Å². The van der Waals surface area contributed by atoms with Gasteiger partial charge in [-0.2, -0.15) is 5.26 Å². The van der Waals surface area contributed by atoms with Crippen molar-refractivity contribution in [2.45, 2.75) is 38.8 Å². The average molecular weight is 304 g/mol. The van der Waals surface area contributed by atoms with Gasteiger partial charge in [-0.05, 0) is 26.3 Å². The first-order chi connectivity index (χ1) is 10.3. The summed E-state index contributed by atoms with van der Waals surface area (Å²) in [6.07, 6.45) is -0.452. The molecule has 0 aliphatic rings. The van der Waals surface area contributed by atoms with Crippen LogP contribution in [0.3, 0.4) is 0 Å². The van der Waals surface area contributed by atoms with E-state index in [0.29, 0.717) is 0 Å². The number of alkyl carbamates (subject to hydrolysis) is 1. The molecule has 0 aromatic heterocycles. The average Bonchev–Trinajstić information content (AvgIpc) is 2.43. The smallest absolute Gasteiger partial charge is 0.408 e. The lowest BCUT2D eigenvalue weighted by Gasteiger charge is -2.22. The summed E-state index contributed by atoms with van der Waals surface area (Å²) in [4.78, 5) is 23.8. The first-order valence-corrected chi connectivity index (χ1v) is 6.89. The molecule has 0 spiro atoms. The van der Waals surface area contributed by atoms with E-state index in [1.54, 1.807) is 26.8 Å². The molecule has 1 amide bonds. The number of nitrogens with zero attached hydrogens (tertiary/aromatic N) is 1. The van der Waals surface area contributed by atoms with Gasteiger partial charge in [-0.15, -0.1) is 0 Å². The van der Waals surface area contributed by atoms with Crippen molar-refractivity contribution in [1.29, 1.82) is 5.26 Å². The molecule has 0 fully saturated rings. The molecule has 1 rings (SSSR count). The minimum absolute atomic E-state index is 0.254. The van der Waals surface area contributed by atoms with Crippen LogP contribution in [-0.4, -0.2) is 30.3 Å². The van der Waals surface area contributed by atoms with Crippen LogP contribution in [0.15, 0.2) is 30.3 Å². The molecule has 0 bridgehead atoms. The van der Waals surface area contributed by atoms with E-state index >= 15 is 0 Å². The Morgan fingerprint density at radius 1 is 1.27 bits per heavy atom. The Balaban J connectivity index is 2.76. The van der Waals surface area contributed by atoms with Gasteiger partial charge in [0.25, 0.3) is 0 Å². The second-order valence-electron chi connectivity index (χ2n) is 5.65. The van der Waals surface area contributed by atoms with E-state index in [0.717, 1.165) is 5.56 Å². The Morgan fingerprint density at radius 3 is 2.45 bits per heavy atom. The van der Waals surface area contributed by atoms with Crippen molar-refractivity contribution < 1.29 is 19.1 Å². The molecule has 1 aromatic rings. The van der Waals surface area contributed by atoms with E-state index in [4.69, 9.17) is 14.7 Å². The number of amides is 1. The van der Waals surface area contributed by atoms with Crippen LogP contribution in [0, 0.1) is 11.3 Å². The molecule has 0 heterocycles. The van der Waals surface area contributed by atoms with E-state index in [1.165, 1.54) is 0 Å². The van der Waals surface area contributed by atoms with E-state index < -0.39 is 23.7 Å². The van der Waals surface area contributed by atoms with Crippen LogP contribution in [0.25, 0.3) is 0 Å². The molecule has 6 nitrogen and oxygen atoms in total. The predicted octanol–water partition coefficient (Wildman–Crippen LogP) is 2.19. The van der Waals surface area contributed by atoms with Gasteiger partial charge in [-0.25, -0.2) is 9.59 Å². The number of carbonyl (C=O) groups is 2. The lowest BCUT2D eigenvalue weighted by molar-refractivity contribution is -0.144. The zero-order valence-corrected chi connectivity index (χ0v) is 13.0. The summed E-state index contributed by atoms with van der Waals surface area (Å²) in [5.41, 5.74) is 0.190. The quantitative estimate of drug-likeness (QED) is 0.842. The molecule has 1 aromatic carbocycles. The van der Waals surface area contributed by atoms with Crippen molar-refractivity contribution in [3.8, 4) is 6.07 Å². The first kappa shape index (κ1) is 17.5. The van der Waals surface area contributed by atoms with Gasteiger partial charge < -0.3 is 14.8 Å². The normalized spacial score (nSPS) is 11.9. The summed E-state index contributed by atoms with van der Waals surface area (Å²) in [6.45, 7) is 4.83. The molecule has 6 heteroatoms. The summed E-state index contributed by atoms with van der Waals surface area (Å²) in [5, 5.41) is 11.0. The minimum Gasteiger partial charge on any atom is -0.449 e. The molecular weight excluding hydrogens is 284 g/mol. The number of benzene rings is 1. The predicted molar refractivity (Wildman–Crippen MR) is 79.9 cm³/mol. The molecule has 118 valence electrons. The number of esters is 1. The fraction of sp³-hybridized carbons (Fsp3) is 0.438. The van der Waals surface area contributed by atoms with Crippen LogP contribution in [0.1, 0.15) is 26.3 Å². The molecule has 0 saturated heterocycles. The molecule has 0 radical (unpaired) electrons. The Hall–Kier alpha value is -2.55. The van der Waals surface area contributed by atoms with Gasteiger partial charge in [0, 0.05) is 6.42 Å². The van der Waals surface area contributed by atoms with Crippen LogP contribution in [0.4, 0.5) is 4.79 Å². The van der Waals surface area contributed by atoms with Crippen molar-refractivity contribution >= 4 is 12.1 Å². The van der Waals surface area contributed by atoms with Crippen LogP contribution in [0.2, 0.25) is 0 Å². The lowest BCUT2D eigenvalue weighted by Crippen LogP contribution is -2.45. The molecule has 1 atom stereocenters. The number of hydrogen-bond acceptors (Lipinski definition) is 5. The lowest BCUT2D eigenvalue weighted by atomic mass is 10.1. The maximum absolute atomic E-state index is 12.0. The Morgan fingerprint density at radius 2 is 1.91 bits per heavy atom. The number of hydrogen-bond donors (Lipinski definition) is 1.